The van der Waals surface area contributed by atoms with E-state index in [1.165, 1.54) is 0 Å². The number of rotatable bonds is 1. The van der Waals surface area contributed by atoms with Crippen molar-refractivity contribution in [3.63, 3.8) is 0 Å². The second-order valence-corrected chi connectivity index (χ2v) is 3.38. The van der Waals surface area contributed by atoms with Crippen molar-refractivity contribution in [1.82, 2.24) is 14.8 Å². The zero-order valence-electron chi connectivity index (χ0n) is 7.28. The average molecular weight is 242 g/mol. The van der Waals surface area contributed by atoms with Gasteiger partial charge in [0, 0.05) is 13.2 Å². The first-order valence-corrected chi connectivity index (χ1v) is 4.54. The third-order valence-electron chi connectivity index (χ3n) is 1.86. The van der Waals surface area contributed by atoms with Crippen LogP contribution in [0.15, 0.2) is 16.9 Å². The van der Waals surface area contributed by atoms with Crippen LogP contribution in [0, 0.1) is 0 Å². The molecule has 0 aliphatic carbocycles. The Labute approximate surface area is 83.7 Å². The maximum atomic E-state index is 5.20. The van der Waals surface area contributed by atoms with Crippen molar-refractivity contribution in [2.45, 2.75) is 0 Å². The van der Waals surface area contributed by atoms with Gasteiger partial charge in [-0.15, -0.1) is 0 Å². The van der Waals surface area contributed by atoms with Crippen LogP contribution in [-0.2, 0) is 7.05 Å². The van der Waals surface area contributed by atoms with E-state index in [0.717, 1.165) is 21.4 Å². The minimum atomic E-state index is 0.759. The molecule has 0 saturated carbocycles. The van der Waals surface area contributed by atoms with E-state index in [4.69, 9.17) is 4.74 Å². The monoisotopic (exact) mass is 241 g/mol. The molecule has 0 atom stereocenters. The quantitative estimate of drug-likeness (QED) is 0.764. The van der Waals surface area contributed by atoms with E-state index in [2.05, 4.69) is 26.0 Å². The van der Waals surface area contributed by atoms with Gasteiger partial charge in [0.25, 0.3) is 0 Å². The summed E-state index contributed by atoms with van der Waals surface area (Å²) in [6, 6.07) is 1.81. The zero-order chi connectivity index (χ0) is 9.42. The second kappa shape index (κ2) is 2.99. The van der Waals surface area contributed by atoms with Crippen molar-refractivity contribution >= 4 is 27.0 Å². The lowest BCUT2D eigenvalue weighted by atomic mass is 10.3. The minimum Gasteiger partial charge on any atom is -0.496 e. The van der Waals surface area contributed by atoms with E-state index in [9.17, 15) is 0 Å². The van der Waals surface area contributed by atoms with E-state index in [1.807, 2.05) is 13.1 Å². The normalized spacial score (nSPS) is 10.7. The largest absolute Gasteiger partial charge is 0.496 e. The highest BCUT2D eigenvalue weighted by Crippen LogP contribution is 2.29. The fraction of sp³-hybridized carbons (Fsp3) is 0.250. The summed E-state index contributed by atoms with van der Waals surface area (Å²) in [5, 5.41) is 5.10. The molecule has 13 heavy (non-hydrogen) atoms. The van der Waals surface area contributed by atoms with Gasteiger partial charge in [0.15, 0.2) is 5.65 Å². The number of halogens is 1. The van der Waals surface area contributed by atoms with Crippen LogP contribution in [0.4, 0.5) is 0 Å². The zero-order valence-corrected chi connectivity index (χ0v) is 8.87. The number of pyridine rings is 1. The molecule has 68 valence electrons. The van der Waals surface area contributed by atoms with Gasteiger partial charge in [-0.25, -0.2) is 9.67 Å². The molecule has 0 amide bonds. The molecule has 5 heteroatoms. The number of hydrogen-bond acceptors (Lipinski definition) is 3. The molecule has 2 rings (SSSR count). The molecule has 2 aromatic rings. The Hall–Kier alpha value is -1.10. The molecule has 0 aromatic carbocycles. The minimum absolute atomic E-state index is 0.759. The first-order chi connectivity index (χ1) is 6.24. The van der Waals surface area contributed by atoms with E-state index in [-0.39, 0.29) is 0 Å². The Morgan fingerprint density at radius 1 is 1.54 bits per heavy atom. The van der Waals surface area contributed by atoms with Gasteiger partial charge < -0.3 is 4.74 Å². The molecule has 2 aromatic heterocycles. The van der Waals surface area contributed by atoms with Crippen LogP contribution in [0.5, 0.6) is 5.75 Å². The fourth-order valence-corrected chi connectivity index (χ4v) is 1.88. The van der Waals surface area contributed by atoms with Crippen LogP contribution in [0.25, 0.3) is 11.0 Å². The van der Waals surface area contributed by atoms with Crippen LogP contribution in [0.1, 0.15) is 0 Å². The van der Waals surface area contributed by atoms with Crippen LogP contribution in [0.2, 0.25) is 0 Å². The summed E-state index contributed by atoms with van der Waals surface area (Å²) in [6.45, 7) is 0. The van der Waals surface area contributed by atoms with Crippen molar-refractivity contribution in [2.75, 3.05) is 7.11 Å². The van der Waals surface area contributed by atoms with Crippen molar-refractivity contribution in [1.29, 1.82) is 0 Å². The molecule has 0 aliphatic heterocycles. The summed E-state index contributed by atoms with van der Waals surface area (Å²) in [4.78, 5) is 4.20. The maximum absolute atomic E-state index is 5.20. The SMILES string of the molecule is COc1ccnc2c1c(Br)nn2C. The Balaban J connectivity index is 2.88. The number of aryl methyl sites for hydroxylation is 1. The van der Waals surface area contributed by atoms with Crippen molar-refractivity contribution in [2.24, 2.45) is 7.05 Å². The number of ether oxygens (including phenoxy) is 1. The van der Waals surface area contributed by atoms with E-state index >= 15 is 0 Å². The number of methoxy groups -OCH3 is 1. The lowest BCUT2D eigenvalue weighted by Crippen LogP contribution is -1.91. The third kappa shape index (κ3) is 1.19. The summed E-state index contributed by atoms with van der Waals surface area (Å²) in [5.41, 5.74) is 0.811. The molecule has 0 spiro atoms. The first kappa shape index (κ1) is 8.50. The smallest absolute Gasteiger partial charge is 0.162 e. The Kier molecular flexibility index (Phi) is 1.95. The summed E-state index contributed by atoms with van der Waals surface area (Å²) >= 11 is 3.36. The molecular formula is C8H8BrN3O. The highest BCUT2D eigenvalue weighted by molar-refractivity contribution is 9.10. The summed E-state index contributed by atoms with van der Waals surface area (Å²) in [6.07, 6.45) is 1.70. The van der Waals surface area contributed by atoms with Crippen molar-refractivity contribution in [3.8, 4) is 5.75 Å². The molecule has 0 fully saturated rings. The Morgan fingerprint density at radius 3 is 3.00 bits per heavy atom. The molecular weight excluding hydrogens is 234 g/mol. The predicted octanol–water partition coefficient (Wildman–Crippen LogP) is 1.74. The van der Waals surface area contributed by atoms with Crippen LogP contribution in [0.3, 0.4) is 0 Å². The number of aromatic nitrogens is 3. The van der Waals surface area contributed by atoms with Gasteiger partial charge in [-0.05, 0) is 22.0 Å². The van der Waals surface area contributed by atoms with Crippen molar-refractivity contribution in [3.05, 3.63) is 16.9 Å². The summed E-state index contributed by atoms with van der Waals surface area (Å²) in [5.74, 6) is 0.782. The van der Waals surface area contributed by atoms with Gasteiger partial charge >= 0.3 is 0 Å². The lowest BCUT2D eigenvalue weighted by Gasteiger charge is -1.99. The van der Waals surface area contributed by atoms with Gasteiger partial charge in [-0.1, -0.05) is 0 Å². The van der Waals surface area contributed by atoms with Crippen LogP contribution in [-0.4, -0.2) is 21.9 Å². The van der Waals surface area contributed by atoms with Crippen LogP contribution < -0.4 is 4.74 Å². The molecule has 4 nitrogen and oxygen atoms in total. The molecule has 0 saturated heterocycles. The molecule has 0 bridgehead atoms. The van der Waals surface area contributed by atoms with E-state index < -0.39 is 0 Å². The molecule has 0 aliphatic rings. The average Bonchev–Trinajstić information content (AvgIpc) is 2.43. The van der Waals surface area contributed by atoms with E-state index in [0.29, 0.717) is 0 Å². The highest BCUT2D eigenvalue weighted by Gasteiger charge is 2.11. The lowest BCUT2D eigenvalue weighted by molar-refractivity contribution is 0.419. The van der Waals surface area contributed by atoms with Gasteiger partial charge in [0.1, 0.15) is 10.4 Å². The third-order valence-corrected chi connectivity index (χ3v) is 2.42. The molecule has 0 radical (unpaired) electrons. The molecule has 2 heterocycles. The van der Waals surface area contributed by atoms with Crippen LogP contribution >= 0.6 is 15.9 Å². The van der Waals surface area contributed by atoms with Crippen molar-refractivity contribution < 1.29 is 4.74 Å². The van der Waals surface area contributed by atoms with E-state index in [1.54, 1.807) is 18.0 Å². The molecule has 0 N–H and O–H groups in total. The topological polar surface area (TPSA) is 39.9 Å². The number of fused-ring (bicyclic) bond motifs is 1. The maximum Gasteiger partial charge on any atom is 0.162 e. The predicted molar refractivity (Wildman–Crippen MR) is 52.8 cm³/mol. The fourth-order valence-electron chi connectivity index (χ4n) is 1.27. The van der Waals surface area contributed by atoms with Gasteiger partial charge in [0.2, 0.25) is 0 Å². The number of nitrogens with zero attached hydrogens (tertiary/aromatic N) is 3. The standard InChI is InChI=1S/C8H8BrN3O/c1-12-8-6(7(9)11-12)5(13-2)3-4-10-8/h3-4H,1-2H3. The van der Waals surface area contributed by atoms with Gasteiger partial charge in [-0.3, -0.25) is 0 Å². The van der Waals surface area contributed by atoms with Gasteiger partial charge in [-0.2, -0.15) is 5.10 Å². The summed E-state index contributed by atoms with van der Waals surface area (Å²) in [7, 11) is 3.48. The Bertz CT molecular complexity index is 452. The Morgan fingerprint density at radius 2 is 2.31 bits per heavy atom. The van der Waals surface area contributed by atoms with Gasteiger partial charge in [0.05, 0.1) is 12.5 Å². The highest BCUT2D eigenvalue weighted by atomic mass is 79.9. The first-order valence-electron chi connectivity index (χ1n) is 3.75. The molecule has 0 unspecified atom stereocenters. The number of hydrogen-bond donors (Lipinski definition) is 0. The summed E-state index contributed by atoms with van der Waals surface area (Å²) < 4.78 is 7.67. The second-order valence-electron chi connectivity index (χ2n) is 2.63.